The van der Waals surface area contributed by atoms with Crippen molar-refractivity contribution in [2.24, 2.45) is 0 Å². The predicted octanol–water partition coefficient (Wildman–Crippen LogP) is 1.26. The monoisotopic (exact) mass is 460 g/mol. The van der Waals surface area contributed by atoms with Crippen molar-refractivity contribution in [3.8, 4) is 0 Å². The molecule has 0 amide bonds. The molecular weight excluding hydrogens is 442 g/mol. The summed E-state index contributed by atoms with van der Waals surface area (Å²) in [7, 11) is 6.70. The zero-order chi connectivity index (χ0) is 11.6. The molecule has 0 radical (unpaired) electrons. The van der Waals surface area contributed by atoms with Crippen LogP contribution in [0.4, 0.5) is 0 Å². The van der Waals surface area contributed by atoms with Gasteiger partial charge in [0.25, 0.3) is 0 Å². The van der Waals surface area contributed by atoms with Gasteiger partial charge in [-0.05, 0) is 0 Å². The number of hydrogen-bond donors (Lipinski definition) is 0. The Balaban J connectivity index is 2.79. The molecule has 0 aliphatic carbocycles. The summed E-state index contributed by atoms with van der Waals surface area (Å²) in [5.74, 6) is -0.254. The first-order valence-corrected chi connectivity index (χ1v) is 16.1. The quantitative estimate of drug-likeness (QED) is 0.362. The fourth-order valence-corrected chi connectivity index (χ4v) is 7.44. The van der Waals surface area contributed by atoms with Gasteiger partial charge in [0.15, 0.2) is 0 Å². The van der Waals surface area contributed by atoms with Gasteiger partial charge in [-0.15, -0.1) is 0 Å². The van der Waals surface area contributed by atoms with Crippen molar-refractivity contribution in [3.05, 3.63) is 0 Å². The minimum absolute atomic E-state index is 0.242. The maximum atomic E-state index is 11.0. The van der Waals surface area contributed by atoms with Gasteiger partial charge in [-0.25, -0.2) is 0 Å². The second kappa shape index (κ2) is 5.85. The Kier molecular flexibility index (Phi) is 5.66. The summed E-state index contributed by atoms with van der Waals surface area (Å²) in [4.78, 5) is 10.1. The topological polar surface area (TPSA) is 35.5 Å². The third kappa shape index (κ3) is 4.30. The molecule has 0 N–H and O–H groups in total. The summed E-state index contributed by atoms with van der Waals surface area (Å²) in [6.45, 7) is 3.54. The Labute approximate surface area is 109 Å². The normalized spacial score (nSPS) is 34.7. The molecule has 5 atom stereocenters. The van der Waals surface area contributed by atoms with Crippen LogP contribution in [0.3, 0.4) is 0 Å². The molecule has 1 aliphatic heterocycles. The molecule has 1 aliphatic rings. The zero-order valence-electron chi connectivity index (χ0n) is 9.06. The van der Waals surface area contributed by atoms with Crippen molar-refractivity contribution in [2.45, 2.75) is 44.3 Å². The van der Waals surface area contributed by atoms with Gasteiger partial charge < -0.3 is 0 Å². The number of esters is 1. The number of carbonyl (C=O) groups is 1. The molecule has 0 aromatic rings. The van der Waals surface area contributed by atoms with Crippen molar-refractivity contribution in [3.63, 3.8) is 0 Å². The average Bonchev–Trinajstić information content (AvgIpc) is 2.45. The van der Waals surface area contributed by atoms with E-state index in [1.807, 2.05) is 0 Å². The molecule has 0 aromatic heterocycles. The van der Waals surface area contributed by atoms with Gasteiger partial charge in [0.05, 0.1) is 0 Å². The first-order valence-electron chi connectivity index (χ1n) is 4.84. The van der Waals surface area contributed by atoms with Gasteiger partial charge in [-0.2, -0.15) is 0 Å². The van der Waals surface area contributed by atoms with Gasteiger partial charge in [0, 0.05) is 0 Å². The third-order valence-electron chi connectivity index (χ3n) is 2.40. The Bertz CT molecular complexity index is 344. The third-order valence-corrected chi connectivity index (χ3v) is 10.8. The van der Waals surface area contributed by atoms with Gasteiger partial charge in [-0.3, -0.25) is 0 Å². The summed E-state index contributed by atoms with van der Waals surface area (Å²) >= 11 is 0.609. The molecule has 1 heterocycles. The molecule has 3 nitrogen and oxygen atoms in total. The molecule has 0 spiro atoms. The summed E-state index contributed by atoms with van der Waals surface area (Å²) < 4.78 is 11.0. The van der Waals surface area contributed by atoms with Crippen molar-refractivity contribution in [1.82, 2.24) is 0 Å². The second-order valence-electron chi connectivity index (χ2n) is 3.77. The number of ether oxygens (including phenoxy) is 2. The number of hydrogen-bond acceptors (Lipinski definition) is 3. The van der Waals surface area contributed by atoms with Crippen molar-refractivity contribution in [1.29, 1.82) is 0 Å². The summed E-state index contributed by atoms with van der Waals surface area (Å²) in [5.41, 5.74) is 0. The predicted molar refractivity (Wildman–Crippen MR) is 71.7 cm³/mol. The van der Waals surface area contributed by atoms with E-state index in [0.717, 1.165) is 12.8 Å². The van der Waals surface area contributed by atoms with Crippen LogP contribution in [0.2, 0.25) is 0 Å². The molecule has 0 saturated carbocycles. The maximum absolute atomic E-state index is 11.0. The summed E-state index contributed by atoms with van der Waals surface area (Å²) in [6, 6.07) is 0. The second-order valence-corrected chi connectivity index (χ2v) is 37.9. The van der Waals surface area contributed by atoms with Gasteiger partial charge in [0.1, 0.15) is 0 Å². The SMILES string of the molecule is CC[C@@H]1C[C@H]([S](=P)(P)=[TlH])[C@@H](OC(C)=O)O1. The molecule has 0 bridgehead atoms. The van der Waals surface area contributed by atoms with Crippen LogP contribution in [0.15, 0.2) is 0 Å². The van der Waals surface area contributed by atoms with E-state index < -0.39 is 4.84 Å². The van der Waals surface area contributed by atoms with Crippen LogP contribution in [0.25, 0.3) is 0 Å². The van der Waals surface area contributed by atoms with E-state index in [1.54, 1.807) is 0 Å². The molecule has 2 unspecified atom stereocenters. The van der Waals surface area contributed by atoms with Crippen molar-refractivity contribution in [2.75, 3.05) is 0 Å². The Morgan fingerprint density at radius 3 is 2.80 bits per heavy atom. The van der Waals surface area contributed by atoms with Crippen LogP contribution in [-0.2, 0) is 19.1 Å². The average molecular weight is 460 g/mol. The van der Waals surface area contributed by atoms with Crippen molar-refractivity contribution < 1.29 is 14.3 Å². The molecule has 0 aromatic carbocycles. The van der Waals surface area contributed by atoms with E-state index in [-0.39, 0.29) is 18.4 Å². The fraction of sp³-hybridized carbons (Fsp3) is 0.875. The summed E-state index contributed by atoms with van der Waals surface area (Å²) in [6.07, 6.45) is 1.89. The van der Waals surface area contributed by atoms with E-state index in [2.05, 4.69) is 23.4 Å². The molecule has 1 rings (SSSR count). The molecular formula is C8H17O3P2STl. The number of carbonyl (C=O) groups excluding carboxylic acids is 1. The van der Waals surface area contributed by atoms with Crippen LogP contribution in [0.1, 0.15) is 26.7 Å². The molecule has 15 heavy (non-hydrogen) atoms. The zero-order valence-corrected chi connectivity index (χ0v) is 17.5. The molecule has 1 fully saturated rings. The van der Waals surface area contributed by atoms with Crippen LogP contribution in [-0.4, -0.2) is 47.3 Å². The Morgan fingerprint density at radius 2 is 2.40 bits per heavy atom. The van der Waals surface area contributed by atoms with Gasteiger partial charge in [-0.1, -0.05) is 0 Å². The van der Waals surface area contributed by atoms with Crippen LogP contribution in [0.5, 0.6) is 0 Å². The van der Waals surface area contributed by atoms with E-state index in [1.165, 1.54) is 6.92 Å². The van der Waals surface area contributed by atoms with Crippen LogP contribution >= 0.6 is 16.5 Å². The van der Waals surface area contributed by atoms with E-state index in [0.29, 0.717) is 28.9 Å². The standard InChI is InChI=1S/C8H16O3P2S.Tl.H/c1-3-6-4-7(14(12)13)8(11-6)10-5(2)9;;/h6-8,12H,3-4,13H2,1-2H3;;/t6-,7+,8+,14?;;/m1../s1. The Morgan fingerprint density at radius 1 is 1.80 bits per heavy atom. The van der Waals surface area contributed by atoms with E-state index in [9.17, 15) is 4.79 Å². The van der Waals surface area contributed by atoms with Gasteiger partial charge in [0.2, 0.25) is 0 Å². The van der Waals surface area contributed by atoms with Crippen LogP contribution in [0, 0.1) is 0 Å². The molecule has 1 saturated heterocycles. The summed E-state index contributed by atoms with van der Waals surface area (Å²) in [5, 5.41) is 0.344. The Hall–Kier alpha value is 1.43. The van der Waals surface area contributed by atoms with Gasteiger partial charge >= 0.3 is 110 Å². The molecule has 86 valence electrons. The fourth-order valence-electron chi connectivity index (χ4n) is 1.60. The van der Waals surface area contributed by atoms with Crippen molar-refractivity contribution >= 4 is 51.0 Å². The van der Waals surface area contributed by atoms with E-state index >= 15 is 0 Å². The first-order chi connectivity index (χ1) is 6.84. The number of rotatable bonds is 3. The molecule has 7 heteroatoms. The minimum atomic E-state index is -0.826. The van der Waals surface area contributed by atoms with Crippen LogP contribution < -0.4 is 0 Å². The first kappa shape index (κ1) is 14.5. The van der Waals surface area contributed by atoms with E-state index in [4.69, 9.17) is 9.47 Å².